The molecule has 0 fully saturated rings. The van der Waals surface area contributed by atoms with Crippen LogP contribution in [-0.2, 0) is 4.79 Å². The number of rotatable bonds is 7. The number of hydrazine groups is 1. The van der Waals surface area contributed by atoms with Crippen LogP contribution in [0.25, 0.3) is 0 Å². The Morgan fingerprint density at radius 3 is 2.48 bits per heavy atom. The summed E-state index contributed by atoms with van der Waals surface area (Å²) < 4.78 is 12.0. The molecule has 0 heterocycles. The highest BCUT2D eigenvalue weighted by Gasteiger charge is 2.09. The molecule has 2 aromatic rings. The van der Waals surface area contributed by atoms with Crippen molar-refractivity contribution < 1.29 is 19.1 Å². The maximum Gasteiger partial charge on any atom is 0.276 e. The smallest absolute Gasteiger partial charge is 0.276 e. The van der Waals surface area contributed by atoms with Gasteiger partial charge in [-0.25, -0.2) is 0 Å². The van der Waals surface area contributed by atoms with Gasteiger partial charge in [0.15, 0.2) is 6.61 Å². The van der Waals surface area contributed by atoms with E-state index in [0.29, 0.717) is 29.6 Å². The first-order valence-corrected chi connectivity index (χ1v) is 9.35. The SMILES string of the molecule is Cc1cc(OCC(=O)NNC(=O)c2cccc(OCC(C)C)c2)ccc1Br. The Bertz CT molecular complexity index is 808. The molecule has 0 unspecified atom stereocenters. The van der Waals surface area contributed by atoms with Crippen molar-refractivity contribution >= 4 is 27.7 Å². The van der Waals surface area contributed by atoms with Crippen LogP contribution in [-0.4, -0.2) is 25.0 Å². The van der Waals surface area contributed by atoms with Gasteiger partial charge in [-0.05, 0) is 54.8 Å². The van der Waals surface area contributed by atoms with Gasteiger partial charge in [0, 0.05) is 10.0 Å². The molecule has 0 aliphatic carbocycles. The molecule has 0 spiro atoms. The van der Waals surface area contributed by atoms with Crippen LogP contribution in [0.5, 0.6) is 11.5 Å². The second kappa shape index (κ2) is 9.97. The summed E-state index contributed by atoms with van der Waals surface area (Å²) in [6.45, 7) is 6.37. The second-order valence-electron chi connectivity index (χ2n) is 6.43. The van der Waals surface area contributed by atoms with Gasteiger partial charge in [-0.1, -0.05) is 35.8 Å². The molecular weight excluding hydrogens is 412 g/mol. The Hall–Kier alpha value is -2.54. The first-order chi connectivity index (χ1) is 12.8. The number of nitrogens with one attached hydrogen (secondary N) is 2. The molecule has 0 saturated heterocycles. The fraction of sp³-hybridized carbons (Fsp3) is 0.300. The summed E-state index contributed by atoms with van der Waals surface area (Å²) in [6.07, 6.45) is 0. The van der Waals surface area contributed by atoms with Gasteiger partial charge in [-0.3, -0.25) is 20.4 Å². The molecule has 0 aliphatic heterocycles. The van der Waals surface area contributed by atoms with Crippen molar-refractivity contribution in [2.24, 2.45) is 5.92 Å². The molecular formula is C20H23BrN2O4. The fourth-order valence-corrected chi connectivity index (χ4v) is 2.33. The summed E-state index contributed by atoms with van der Waals surface area (Å²) in [4.78, 5) is 24.0. The van der Waals surface area contributed by atoms with Crippen LogP contribution in [0.2, 0.25) is 0 Å². The lowest BCUT2D eigenvalue weighted by atomic mass is 10.2. The van der Waals surface area contributed by atoms with E-state index in [0.717, 1.165) is 10.0 Å². The van der Waals surface area contributed by atoms with Gasteiger partial charge in [0.1, 0.15) is 11.5 Å². The average molecular weight is 435 g/mol. The molecule has 6 nitrogen and oxygen atoms in total. The van der Waals surface area contributed by atoms with Crippen LogP contribution >= 0.6 is 15.9 Å². The van der Waals surface area contributed by atoms with E-state index < -0.39 is 11.8 Å². The maximum atomic E-state index is 12.2. The zero-order chi connectivity index (χ0) is 19.8. The fourth-order valence-electron chi connectivity index (χ4n) is 2.08. The Labute approximate surface area is 167 Å². The number of aryl methyl sites for hydroxylation is 1. The Morgan fingerprint density at radius 2 is 1.78 bits per heavy atom. The molecule has 0 atom stereocenters. The van der Waals surface area contributed by atoms with E-state index >= 15 is 0 Å². The topological polar surface area (TPSA) is 76.7 Å². The van der Waals surface area contributed by atoms with Crippen LogP contribution in [0, 0.1) is 12.8 Å². The molecule has 27 heavy (non-hydrogen) atoms. The Kier molecular flexibility index (Phi) is 7.67. The van der Waals surface area contributed by atoms with Crippen LogP contribution in [0.15, 0.2) is 46.9 Å². The molecule has 0 radical (unpaired) electrons. The first kappa shape index (κ1) is 20.8. The largest absolute Gasteiger partial charge is 0.493 e. The number of hydrogen-bond acceptors (Lipinski definition) is 4. The van der Waals surface area contributed by atoms with Gasteiger partial charge in [0.05, 0.1) is 6.61 Å². The number of amides is 2. The molecule has 2 rings (SSSR count). The van der Waals surface area contributed by atoms with Crippen LogP contribution in [0.4, 0.5) is 0 Å². The number of ether oxygens (including phenoxy) is 2. The summed E-state index contributed by atoms with van der Waals surface area (Å²) in [7, 11) is 0. The number of carbonyl (C=O) groups excluding carboxylic acids is 2. The Morgan fingerprint density at radius 1 is 1.04 bits per heavy atom. The van der Waals surface area contributed by atoms with Gasteiger partial charge >= 0.3 is 0 Å². The highest BCUT2D eigenvalue weighted by Crippen LogP contribution is 2.21. The van der Waals surface area contributed by atoms with Gasteiger partial charge < -0.3 is 9.47 Å². The van der Waals surface area contributed by atoms with E-state index in [4.69, 9.17) is 9.47 Å². The monoisotopic (exact) mass is 434 g/mol. The molecule has 2 amide bonds. The van der Waals surface area contributed by atoms with Gasteiger partial charge in [0.2, 0.25) is 0 Å². The highest BCUT2D eigenvalue weighted by molar-refractivity contribution is 9.10. The van der Waals surface area contributed by atoms with Crippen molar-refractivity contribution in [2.75, 3.05) is 13.2 Å². The minimum atomic E-state index is -0.462. The number of halogens is 1. The van der Waals surface area contributed by atoms with Crippen molar-refractivity contribution in [1.82, 2.24) is 10.9 Å². The van der Waals surface area contributed by atoms with E-state index in [1.807, 2.05) is 32.9 Å². The van der Waals surface area contributed by atoms with Crippen molar-refractivity contribution in [3.8, 4) is 11.5 Å². The van der Waals surface area contributed by atoms with Crippen LogP contribution in [0.3, 0.4) is 0 Å². The molecule has 0 aliphatic rings. The standard InChI is InChI=1S/C20H23BrN2O4/c1-13(2)11-26-16-6-4-5-15(10-16)20(25)23-22-19(24)12-27-17-7-8-18(21)14(3)9-17/h4-10,13H,11-12H2,1-3H3,(H,22,24)(H,23,25). The first-order valence-electron chi connectivity index (χ1n) is 8.56. The molecule has 0 saturated carbocycles. The molecule has 7 heteroatoms. The zero-order valence-electron chi connectivity index (χ0n) is 15.5. The molecule has 0 aromatic heterocycles. The second-order valence-corrected chi connectivity index (χ2v) is 7.29. The minimum Gasteiger partial charge on any atom is -0.493 e. The predicted molar refractivity (Wildman–Crippen MR) is 107 cm³/mol. The normalized spacial score (nSPS) is 10.4. The molecule has 0 bridgehead atoms. The number of hydrogen-bond donors (Lipinski definition) is 2. The third-order valence-corrected chi connectivity index (χ3v) is 4.38. The van der Waals surface area contributed by atoms with Gasteiger partial charge in [0.25, 0.3) is 11.8 Å². The summed E-state index contributed by atoms with van der Waals surface area (Å²) in [5, 5.41) is 0. The van der Waals surface area contributed by atoms with Gasteiger partial charge in [-0.15, -0.1) is 0 Å². The Balaban J connectivity index is 1.81. The summed E-state index contributed by atoms with van der Waals surface area (Å²) >= 11 is 3.40. The molecule has 2 aromatic carbocycles. The highest BCUT2D eigenvalue weighted by atomic mass is 79.9. The average Bonchev–Trinajstić information content (AvgIpc) is 2.65. The lowest BCUT2D eigenvalue weighted by Crippen LogP contribution is -2.43. The molecule has 144 valence electrons. The van der Waals surface area contributed by atoms with Crippen LogP contribution in [0.1, 0.15) is 29.8 Å². The third kappa shape index (κ3) is 6.94. The van der Waals surface area contributed by atoms with E-state index in [-0.39, 0.29) is 6.61 Å². The number of carbonyl (C=O) groups is 2. The van der Waals surface area contributed by atoms with Crippen molar-refractivity contribution in [2.45, 2.75) is 20.8 Å². The summed E-state index contributed by atoms with van der Waals surface area (Å²) in [5.41, 5.74) is 6.09. The third-order valence-electron chi connectivity index (χ3n) is 3.49. The molecule has 2 N–H and O–H groups in total. The predicted octanol–water partition coefficient (Wildman–Crippen LogP) is 3.63. The maximum absolute atomic E-state index is 12.2. The van der Waals surface area contributed by atoms with E-state index in [9.17, 15) is 9.59 Å². The van der Waals surface area contributed by atoms with Crippen molar-refractivity contribution in [3.05, 3.63) is 58.1 Å². The zero-order valence-corrected chi connectivity index (χ0v) is 17.1. The quantitative estimate of drug-likeness (QED) is 0.652. The van der Waals surface area contributed by atoms with E-state index in [2.05, 4.69) is 26.8 Å². The van der Waals surface area contributed by atoms with Crippen molar-refractivity contribution in [1.29, 1.82) is 0 Å². The summed E-state index contributed by atoms with van der Waals surface area (Å²) in [5.74, 6) is 0.675. The van der Waals surface area contributed by atoms with Crippen LogP contribution < -0.4 is 20.3 Å². The minimum absolute atomic E-state index is 0.209. The van der Waals surface area contributed by atoms with E-state index in [1.54, 1.807) is 30.3 Å². The van der Waals surface area contributed by atoms with E-state index in [1.165, 1.54) is 0 Å². The lowest BCUT2D eigenvalue weighted by molar-refractivity contribution is -0.123. The lowest BCUT2D eigenvalue weighted by Gasteiger charge is -2.11. The van der Waals surface area contributed by atoms with Crippen molar-refractivity contribution in [3.63, 3.8) is 0 Å². The summed E-state index contributed by atoms with van der Waals surface area (Å²) in [6, 6.07) is 12.2. The number of benzene rings is 2. The van der Waals surface area contributed by atoms with Gasteiger partial charge in [-0.2, -0.15) is 0 Å².